The average molecular weight is 363 g/mol. The SMILES string of the molecule is CC(C)N1CCC2=C1CN(C1COC(c3cc(F)ccc3F)C(N)C1)C2. The van der Waals surface area contributed by atoms with Gasteiger partial charge in [-0.25, -0.2) is 8.78 Å². The molecule has 0 aliphatic carbocycles. The quantitative estimate of drug-likeness (QED) is 0.897. The van der Waals surface area contributed by atoms with Gasteiger partial charge in [-0.05, 0) is 50.5 Å². The first kappa shape index (κ1) is 17.9. The summed E-state index contributed by atoms with van der Waals surface area (Å²) in [6.07, 6.45) is 1.28. The molecular weight excluding hydrogens is 336 g/mol. The van der Waals surface area contributed by atoms with E-state index in [9.17, 15) is 8.78 Å². The Morgan fingerprint density at radius 1 is 1.23 bits per heavy atom. The summed E-state index contributed by atoms with van der Waals surface area (Å²) in [6, 6.07) is 3.86. The summed E-state index contributed by atoms with van der Waals surface area (Å²) in [6.45, 7) is 7.99. The van der Waals surface area contributed by atoms with E-state index in [4.69, 9.17) is 10.5 Å². The van der Waals surface area contributed by atoms with E-state index in [-0.39, 0.29) is 17.6 Å². The molecule has 0 bridgehead atoms. The molecule has 0 spiro atoms. The number of nitrogens with two attached hydrogens (primary N) is 1. The summed E-state index contributed by atoms with van der Waals surface area (Å²) in [5.41, 5.74) is 9.54. The molecule has 3 unspecified atom stereocenters. The van der Waals surface area contributed by atoms with E-state index >= 15 is 0 Å². The van der Waals surface area contributed by atoms with Crippen LogP contribution in [-0.4, -0.2) is 54.2 Å². The number of benzene rings is 1. The molecule has 4 rings (SSSR count). The summed E-state index contributed by atoms with van der Waals surface area (Å²) < 4.78 is 33.5. The van der Waals surface area contributed by atoms with Gasteiger partial charge >= 0.3 is 0 Å². The normalized spacial score (nSPS) is 29.8. The average Bonchev–Trinajstić information content (AvgIpc) is 3.17. The van der Waals surface area contributed by atoms with Gasteiger partial charge < -0.3 is 15.4 Å². The molecule has 0 saturated carbocycles. The van der Waals surface area contributed by atoms with Crippen molar-refractivity contribution in [3.63, 3.8) is 0 Å². The number of hydrogen-bond acceptors (Lipinski definition) is 4. The van der Waals surface area contributed by atoms with Crippen LogP contribution in [-0.2, 0) is 4.74 Å². The first-order valence-corrected chi connectivity index (χ1v) is 9.47. The Bertz CT molecular complexity index is 721. The molecule has 0 radical (unpaired) electrons. The van der Waals surface area contributed by atoms with Crippen LogP contribution in [0.15, 0.2) is 29.5 Å². The Hall–Kier alpha value is -1.50. The first-order chi connectivity index (χ1) is 12.4. The van der Waals surface area contributed by atoms with E-state index in [1.807, 2.05) is 0 Å². The van der Waals surface area contributed by atoms with E-state index in [1.54, 1.807) is 0 Å². The van der Waals surface area contributed by atoms with Gasteiger partial charge in [0.2, 0.25) is 0 Å². The van der Waals surface area contributed by atoms with Gasteiger partial charge in [0.05, 0.1) is 6.61 Å². The molecule has 3 heterocycles. The summed E-state index contributed by atoms with van der Waals surface area (Å²) in [5.74, 6) is -0.923. The minimum absolute atomic E-state index is 0.220. The highest BCUT2D eigenvalue weighted by molar-refractivity contribution is 5.28. The summed E-state index contributed by atoms with van der Waals surface area (Å²) >= 11 is 0. The summed E-state index contributed by atoms with van der Waals surface area (Å²) in [7, 11) is 0. The van der Waals surface area contributed by atoms with Crippen LogP contribution in [0.1, 0.15) is 38.4 Å². The molecule has 0 aromatic heterocycles. The fourth-order valence-electron chi connectivity index (χ4n) is 4.58. The molecule has 26 heavy (non-hydrogen) atoms. The number of rotatable bonds is 3. The molecule has 1 aromatic carbocycles. The van der Waals surface area contributed by atoms with Crippen molar-refractivity contribution in [3.8, 4) is 0 Å². The van der Waals surface area contributed by atoms with Crippen molar-refractivity contribution in [2.24, 2.45) is 5.73 Å². The van der Waals surface area contributed by atoms with Crippen molar-refractivity contribution >= 4 is 0 Å². The van der Waals surface area contributed by atoms with Gasteiger partial charge in [-0.15, -0.1) is 0 Å². The van der Waals surface area contributed by atoms with Crippen LogP contribution in [0.5, 0.6) is 0 Å². The minimum Gasteiger partial charge on any atom is -0.371 e. The van der Waals surface area contributed by atoms with Crippen molar-refractivity contribution in [2.45, 2.75) is 50.9 Å². The van der Waals surface area contributed by atoms with Crippen LogP contribution in [0.3, 0.4) is 0 Å². The van der Waals surface area contributed by atoms with Gasteiger partial charge in [0.15, 0.2) is 0 Å². The zero-order chi connectivity index (χ0) is 18.4. The lowest BCUT2D eigenvalue weighted by Crippen LogP contribution is -2.49. The molecule has 6 heteroatoms. The zero-order valence-electron chi connectivity index (χ0n) is 15.4. The number of hydrogen-bond donors (Lipinski definition) is 1. The van der Waals surface area contributed by atoms with E-state index in [2.05, 4.69) is 23.6 Å². The maximum absolute atomic E-state index is 14.1. The van der Waals surface area contributed by atoms with E-state index in [0.29, 0.717) is 12.6 Å². The molecule has 142 valence electrons. The standard InChI is InChI=1S/C20H27F2N3O/c1-12(2)25-6-5-13-9-24(10-19(13)25)15-8-18(23)20(26-11-15)16-7-14(21)3-4-17(16)22/h3-4,7,12,15,18,20H,5-6,8-11,23H2,1-2H3. The monoisotopic (exact) mass is 363 g/mol. The molecule has 3 aliphatic heterocycles. The number of nitrogens with zero attached hydrogens (tertiary/aromatic N) is 2. The van der Waals surface area contributed by atoms with Crippen molar-refractivity contribution in [1.29, 1.82) is 0 Å². The molecule has 3 atom stereocenters. The fourth-order valence-corrected chi connectivity index (χ4v) is 4.58. The zero-order valence-corrected chi connectivity index (χ0v) is 15.4. The van der Waals surface area contributed by atoms with E-state index < -0.39 is 17.7 Å². The molecule has 1 fully saturated rings. The van der Waals surface area contributed by atoms with Crippen molar-refractivity contribution in [2.75, 3.05) is 26.2 Å². The van der Waals surface area contributed by atoms with Crippen molar-refractivity contribution in [3.05, 3.63) is 46.7 Å². The molecule has 3 aliphatic rings. The highest BCUT2D eigenvalue weighted by atomic mass is 19.1. The topological polar surface area (TPSA) is 41.7 Å². The van der Waals surface area contributed by atoms with Gasteiger partial charge in [-0.1, -0.05) is 0 Å². The Morgan fingerprint density at radius 2 is 2.04 bits per heavy atom. The Labute approximate surface area is 153 Å². The summed E-state index contributed by atoms with van der Waals surface area (Å²) in [4.78, 5) is 4.92. The molecule has 2 N–H and O–H groups in total. The van der Waals surface area contributed by atoms with Gasteiger partial charge in [0, 0.05) is 49.0 Å². The molecule has 0 amide bonds. The maximum Gasteiger partial charge on any atom is 0.129 e. The second-order valence-electron chi connectivity index (χ2n) is 7.97. The van der Waals surface area contributed by atoms with Crippen molar-refractivity contribution < 1.29 is 13.5 Å². The first-order valence-electron chi connectivity index (χ1n) is 9.47. The number of halogens is 2. The molecule has 1 aromatic rings. The van der Waals surface area contributed by atoms with Crippen LogP contribution < -0.4 is 5.73 Å². The van der Waals surface area contributed by atoms with Crippen LogP contribution in [0.2, 0.25) is 0 Å². The van der Waals surface area contributed by atoms with Gasteiger partial charge in [-0.2, -0.15) is 0 Å². The van der Waals surface area contributed by atoms with Crippen LogP contribution in [0.25, 0.3) is 0 Å². The third kappa shape index (κ3) is 3.15. The molecular formula is C20H27F2N3O. The fraction of sp³-hybridized carbons (Fsp3) is 0.600. The number of ether oxygens (including phenoxy) is 1. The van der Waals surface area contributed by atoms with Crippen LogP contribution >= 0.6 is 0 Å². The van der Waals surface area contributed by atoms with Crippen molar-refractivity contribution in [1.82, 2.24) is 9.80 Å². The lowest BCUT2D eigenvalue weighted by molar-refractivity contribution is -0.0474. The van der Waals surface area contributed by atoms with E-state index in [0.717, 1.165) is 44.6 Å². The van der Waals surface area contributed by atoms with Crippen LogP contribution in [0.4, 0.5) is 8.78 Å². The second-order valence-corrected chi connectivity index (χ2v) is 7.97. The predicted octanol–water partition coefficient (Wildman–Crippen LogP) is 2.81. The Kier molecular flexibility index (Phi) is 4.75. The predicted molar refractivity (Wildman–Crippen MR) is 96.5 cm³/mol. The minimum atomic E-state index is -0.587. The maximum atomic E-state index is 14.1. The highest BCUT2D eigenvalue weighted by Crippen LogP contribution is 2.36. The Balaban J connectivity index is 1.42. The third-order valence-electron chi connectivity index (χ3n) is 5.96. The third-order valence-corrected chi connectivity index (χ3v) is 5.96. The molecule has 1 saturated heterocycles. The largest absolute Gasteiger partial charge is 0.371 e. The van der Waals surface area contributed by atoms with Gasteiger partial charge in [0.25, 0.3) is 0 Å². The van der Waals surface area contributed by atoms with Gasteiger partial charge in [-0.3, -0.25) is 4.90 Å². The second kappa shape index (κ2) is 6.91. The highest BCUT2D eigenvalue weighted by Gasteiger charge is 2.39. The lowest BCUT2D eigenvalue weighted by atomic mass is 9.93. The van der Waals surface area contributed by atoms with Gasteiger partial charge in [0.1, 0.15) is 17.7 Å². The lowest BCUT2D eigenvalue weighted by Gasteiger charge is -2.39. The summed E-state index contributed by atoms with van der Waals surface area (Å²) in [5, 5.41) is 0. The van der Waals surface area contributed by atoms with E-state index in [1.165, 1.54) is 17.3 Å². The Morgan fingerprint density at radius 3 is 2.77 bits per heavy atom. The smallest absolute Gasteiger partial charge is 0.129 e. The molecule has 4 nitrogen and oxygen atoms in total. The van der Waals surface area contributed by atoms with Crippen LogP contribution in [0, 0.1) is 11.6 Å².